The fourth-order valence-electron chi connectivity index (χ4n) is 4.95. The van der Waals surface area contributed by atoms with Gasteiger partial charge >= 0.3 is 0 Å². The Bertz CT molecular complexity index is 1470. The molecule has 5 heterocycles. The van der Waals surface area contributed by atoms with Crippen LogP contribution in [-0.4, -0.2) is 76.2 Å². The van der Waals surface area contributed by atoms with Crippen LogP contribution in [-0.2, 0) is 4.79 Å². The molecule has 0 atom stereocenters. The highest BCUT2D eigenvalue weighted by atomic mass is 19.1. The molecule has 6 rings (SSSR count). The zero-order chi connectivity index (χ0) is 24.9. The molecule has 0 spiro atoms. The Morgan fingerprint density at radius 1 is 1.22 bits per heavy atom. The summed E-state index contributed by atoms with van der Waals surface area (Å²) in [6, 6.07) is 9.35. The number of hydrogen-bond donors (Lipinski definition) is 1. The van der Waals surface area contributed by atoms with Crippen molar-refractivity contribution in [3.63, 3.8) is 0 Å². The minimum atomic E-state index is -1.45. The molecule has 0 radical (unpaired) electrons. The Morgan fingerprint density at radius 2 is 2.06 bits per heavy atom. The van der Waals surface area contributed by atoms with Crippen molar-refractivity contribution in [3.05, 3.63) is 36.5 Å². The highest BCUT2D eigenvalue weighted by molar-refractivity contribution is 6.01. The molecule has 2 aliphatic rings. The lowest BCUT2D eigenvalue weighted by Gasteiger charge is -2.35. The first-order valence-corrected chi connectivity index (χ1v) is 12.1. The van der Waals surface area contributed by atoms with E-state index in [0.717, 1.165) is 17.6 Å². The van der Waals surface area contributed by atoms with Crippen LogP contribution in [0, 0.1) is 0 Å². The minimum Gasteiger partial charge on any atom is -0.486 e. The van der Waals surface area contributed by atoms with Crippen molar-refractivity contribution in [3.8, 4) is 17.3 Å². The minimum absolute atomic E-state index is 0.0125. The van der Waals surface area contributed by atoms with E-state index in [0.29, 0.717) is 66.7 Å². The number of benzene rings is 1. The van der Waals surface area contributed by atoms with Crippen LogP contribution in [0.15, 0.2) is 36.5 Å². The first-order valence-electron chi connectivity index (χ1n) is 12.1. The number of pyridine rings is 1. The number of aromatic nitrogens is 5. The van der Waals surface area contributed by atoms with E-state index in [1.165, 1.54) is 11.8 Å². The molecule has 0 unspecified atom stereocenters. The summed E-state index contributed by atoms with van der Waals surface area (Å²) in [6.07, 6.45) is 2.45. The van der Waals surface area contributed by atoms with Gasteiger partial charge in [-0.05, 0) is 38.1 Å². The molecule has 3 aromatic heterocycles. The van der Waals surface area contributed by atoms with Crippen LogP contribution in [0.25, 0.3) is 28.1 Å². The number of carbonyl (C=O) groups excluding carboxylic acids is 1. The van der Waals surface area contributed by atoms with Crippen LogP contribution in [0.3, 0.4) is 0 Å². The van der Waals surface area contributed by atoms with E-state index in [4.69, 9.17) is 9.72 Å². The van der Waals surface area contributed by atoms with E-state index in [1.54, 1.807) is 10.7 Å². The molecular formula is C25H27FN8O2. The van der Waals surface area contributed by atoms with Crippen molar-refractivity contribution in [1.82, 2.24) is 30.1 Å². The second kappa shape index (κ2) is 8.66. The zero-order valence-corrected chi connectivity index (χ0v) is 20.2. The van der Waals surface area contributed by atoms with Crippen LogP contribution in [0.2, 0.25) is 0 Å². The van der Waals surface area contributed by atoms with Gasteiger partial charge in [0.1, 0.15) is 23.7 Å². The van der Waals surface area contributed by atoms with Crippen molar-refractivity contribution < 1.29 is 13.9 Å². The second-order valence-electron chi connectivity index (χ2n) is 9.44. The van der Waals surface area contributed by atoms with Gasteiger partial charge in [-0.15, -0.1) is 10.2 Å². The topological polar surface area (TPSA) is 101 Å². The van der Waals surface area contributed by atoms with E-state index < -0.39 is 5.67 Å². The Balaban J connectivity index is 1.44. The summed E-state index contributed by atoms with van der Waals surface area (Å²) in [7, 11) is 1.98. The quantitative estimate of drug-likeness (QED) is 0.466. The molecule has 1 saturated heterocycles. The van der Waals surface area contributed by atoms with Crippen molar-refractivity contribution in [2.24, 2.45) is 0 Å². The van der Waals surface area contributed by atoms with Gasteiger partial charge in [0.25, 0.3) is 0 Å². The molecular weight excluding hydrogens is 463 g/mol. The van der Waals surface area contributed by atoms with E-state index >= 15 is 4.39 Å². The van der Waals surface area contributed by atoms with Crippen LogP contribution < -0.4 is 19.9 Å². The van der Waals surface area contributed by atoms with Gasteiger partial charge in [-0.1, -0.05) is 18.2 Å². The molecule has 0 bridgehead atoms. The van der Waals surface area contributed by atoms with Gasteiger partial charge in [0.2, 0.25) is 17.4 Å². The number of nitrogens with zero attached hydrogens (tertiary/aromatic N) is 7. The number of fused-ring (bicyclic) bond motifs is 4. The highest BCUT2D eigenvalue weighted by Crippen LogP contribution is 2.35. The van der Waals surface area contributed by atoms with E-state index in [9.17, 15) is 4.79 Å². The summed E-state index contributed by atoms with van der Waals surface area (Å²) in [5.41, 5.74) is 1.63. The third-order valence-electron chi connectivity index (χ3n) is 7.00. The summed E-state index contributed by atoms with van der Waals surface area (Å²) >= 11 is 0. The number of halogens is 1. The van der Waals surface area contributed by atoms with E-state index in [-0.39, 0.29) is 12.5 Å². The van der Waals surface area contributed by atoms with Crippen LogP contribution in [0.1, 0.15) is 19.8 Å². The van der Waals surface area contributed by atoms with Gasteiger partial charge in [-0.25, -0.2) is 9.37 Å². The van der Waals surface area contributed by atoms with Crippen molar-refractivity contribution >= 4 is 33.8 Å². The lowest BCUT2D eigenvalue weighted by molar-refractivity contribution is -0.117. The number of piperidine rings is 1. The molecule has 1 fully saturated rings. The third kappa shape index (κ3) is 3.79. The Kier molecular flexibility index (Phi) is 5.44. The number of anilines is 2. The number of carbonyl (C=O) groups is 1. The SMILES string of the molecule is CC(=O)N(CC1(F)CCNCC1)c1cccc2ccc(-c3nnc4c5c(cnn34)N(C)CCO5)nc12. The average molecular weight is 491 g/mol. The summed E-state index contributed by atoms with van der Waals surface area (Å²) in [6.45, 7) is 3.96. The first-order chi connectivity index (χ1) is 17.4. The van der Waals surface area contributed by atoms with Gasteiger partial charge in [-0.3, -0.25) is 4.79 Å². The van der Waals surface area contributed by atoms with Gasteiger partial charge in [0, 0.05) is 19.4 Å². The zero-order valence-electron chi connectivity index (χ0n) is 20.2. The maximum absolute atomic E-state index is 15.6. The van der Waals surface area contributed by atoms with Crippen molar-refractivity contribution in [2.75, 3.05) is 49.6 Å². The van der Waals surface area contributed by atoms with Crippen LogP contribution >= 0.6 is 0 Å². The molecule has 4 aromatic rings. The lowest BCUT2D eigenvalue weighted by Crippen LogP contribution is -2.48. The van der Waals surface area contributed by atoms with Gasteiger partial charge in [-0.2, -0.15) is 9.61 Å². The van der Waals surface area contributed by atoms with Crippen LogP contribution in [0.5, 0.6) is 5.75 Å². The average Bonchev–Trinajstić information content (AvgIpc) is 3.32. The number of rotatable bonds is 4. The van der Waals surface area contributed by atoms with Gasteiger partial charge in [0.05, 0.1) is 30.5 Å². The van der Waals surface area contributed by atoms with Crippen molar-refractivity contribution in [2.45, 2.75) is 25.4 Å². The standard InChI is InChI=1S/C25H27FN8O2/c1-16(35)33(15-25(26)8-10-27-11-9-25)19-5-3-4-17-6-7-18(29-21(17)19)23-30-31-24-22-20(14-28-34(23)24)32(2)12-13-36-22/h3-7,14,27H,8-13,15H2,1-2H3. The Labute approximate surface area is 207 Å². The van der Waals surface area contributed by atoms with Crippen molar-refractivity contribution in [1.29, 1.82) is 0 Å². The van der Waals surface area contributed by atoms with E-state index in [1.807, 2.05) is 37.4 Å². The highest BCUT2D eigenvalue weighted by Gasteiger charge is 2.35. The normalized spacial score (nSPS) is 17.1. The largest absolute Gasteiger partial charge is 0.486 e. The Hall–Kier alpha value is -3.86. The number of hydrogen-bond acceptors (Lipinski definition) is 8. The predicted molar refractivity (Wildman–Crippen MR) is 134 cm³/mol. The molecule has 1 aromatic carbocycles. The molecule has 10 nitrogen and oxygen atoms in total. The fraction of sp³-hybridized carbons (Fsp3) is 0.400. The van der Waals surface area contributed by atoms with Gasteiger partial charge in [0.15, 0.2) is 5.75 Å². The summed E-state index contributed by atoms with van der Waals surface area (Å²) in [5, 5.41) is 17.3. The number of amides is 1. The summed E-state index contributed by atoms with van der Waals surface area (Å²) < 4.78 is 23.1. The molecule has 1 amide bonds. The smallest absolute Gasteiger partial charge is 0.224 e. The molecule has 0 aliphatic carbocycles. The number of ether oxygens (including phenoxy) is 1. The number of alkyl halides is 1. The summed E-state index contributed by atoms with van der Waals surface area (Å²) in [4.78, 5) is 21.2. The van der Waals surface area contributed by atoms with Crippen LogP contribution in [0.4, 0.5) is 15.8 Å². The fourth-order valence-corrected chi connectivity index (χ4v) is 4.95. The molecule has 11 heteroatoms. The maximum atomic E-state index is 15.6. The monoisotopic (exact) mass is 490 g/mol. The number of nitrogens with one attached hydrogen (secondary N) is 1. The third-order valence-corrected chi connectivity index (χ3v) is 7.00. The number of likely N-dealkylation sites (N-methyl/N-ethyl adjacent to an activating group) is 1. The van der Waals surface area contributed by atoms with Gasteiger partial charge < -0.3 is 19.9 Å². The molecule has 186 valence electrons. The molecule has 36 heavy (non-hydrogen) atoms. The molecule has 1 N–H and O–H groups in total. The first kappa shape index (κ1) is 22.6. The second-order valence-corrected chi connectivity index (χ2v) is 9.44. The molecule has 2 aliphatic heterocycles. The number of para-hydroxylation sites is 1. The Morgan fingerprint density at radius 3 is 2.86 bits per heavy atom. The maximum Gasteiger partial charge on any atom is 0.224 e. The lowest BCUT2D eigenvalue weighted by atomic mass is 9.93. The predicted octanol–water partition coefficient (Wildman–Crippen LogP) is 2.61. The summed E-state index contributed by atoms with van der Waals surface area (Å²) in [5.74, 6) is 0.862. The molecule has 0 saturated carbocycles. The van der Waals surface area contributed by atoms with E-state index in [2.05, 4.69) is 25.5 Å².